The van der Waals surface area contributed by atoms with Crippen molar-refractivity contribution in [1.29, 1.82) is 0 Å². The van der Waals surface area contributed by atoms with Crippen molar-refractivity contribution >= 4 is 5.97 Å². The Hall–Kier alpha value is -1.05. The van der Waals surface area contributed by atoms with Crippen molar-refractivity contribution in [3.8, 4) is 0 Å². The first-order chi connectivity index (χ1) is 8.71. The number of esters is 1. The molecule has 98 valence electrons. The number of ether oxygens (including phenoxy) is 1. The molecule has 1 unspecified atom stereocenters. The summed E-state index contributed by atoms with van der Waals surface area (Å²) in [5, 5.41) is 0. The molecule has 0 saturated heterocycles. The van der Waals surface area contributed by atoms with Crippen molar-refractivity contribution in [1.82, 2.24) is 0 Å². The van der Waals surface area contributed by atoms with E-state index in [0.29, 0.717) is 17.9 Å². The van der Waals surface area contributed by atoms with Crippen LogP contribution in [0.2, 0.25) is 0 Å². The van der Waals surface area contributed by atoms with Gasteiger partial charge >= 0.3 is 5.97 Å². The lowest BCUT2D eigenvalue weighted by Gasteiger charge is -2.46. The first kappa shape index (κ1) is 12.0. The van der Waals surface area contributed by atoms with Gasteiger partial charge in [-0.1, -0.05) is 37.8 Å². The van der Waals surface area contributed by atoms with Crippen LogP contribution in [0.3, 0.4) is 0 Å². The lowest BCUT2D eigenvalue weighted by Crippen LogP contribution is -2.34. The normalized spacial score (nSPS) is 31.3. The third kappa shape index (κ3) is 1.92. The monoisotopic (exact) mass is 246 g/mol. The molecule has 2 nitrogen and oxygen atoms in total. The molecule has 1 atom stereocenters. The van der Waals surface area contributed by atoms with E-state index in [4.69, 9.17) is 4.74 Å². The van der Waals surface area contributed by atoms with Gasteiger partial charge in [-0.25, -0.2) is 4.79 Å². The molecule has 2 heteroatoms. The Kier molecular flexibility index (Phi) is 3.04. The summed E-state index contributed by atoms with van der Waals surface area (Å²) < 4.78 is 5.07. The van der Waals surface area contributed by atoms with Crippen molar-refractivity contribution < 1.29 is 9.53 Å². The van der Waals surface area contributed by atoms with Gasteiger partial charge < -0.3 is 4.74 Å². The molecule has 0 amide bonds. The van der Waals surface area contributed by atoms with E-state index in [1.165, 1.54) is 56.1 Å². The lowest BCUT2D eigenvalue weighted by atomic mass is 9.59. The van der Waals surface area contributed by atoms with Crippen molar-refractivity contribution in [2.45, 2.75) is 51.4 Å². The van der Waals surface area contributed by atoms with Crippen molar-refractivity contribution in [3.63, 3.8) is 0 Å². The lowest BCUT2D eigenvalue weighted by molar-refractivity contribution is -0.134. The van der Waals surface area contributed by atoms with Gasteiger partial charge in [0.1, 0.15) is 6.61 Å². The fourth-order valence-corrected chi connectivity index (χ4v) is 4.15. The van der Waals surface area contributed by atoms with Crippen molar-refractivity contribution in [2.75, 3.05) is 6.61 Å². The Labute approximate surface area is 109 Å². The molecule has 18 heavy (non-hydrogen) atoms. The minimum Gasteiger partial charge on any atom is -0.458 e. The SMILES string of the molecule is C=C1C(C2=CC(=O)OC2)CCCC12CCCCC2. The quantitative estimate of drug-likeness (QED) is 0.520. The van der Waals surface area contributed by atoms with E-state index in [-0.39, 0.29) is 5.97 Å². The molecular weight excluding hydrogens is 224 g/mol. The topological polar surface area (TPSA) is 26.3 Å². The molecule has 2 fully saturated rings. The zero-order valence-electron chi connectivity index (χ0n) is 11.0. The highest BCUT2D eigenvalue weighted by atomic mass is 16.5. The fourth-order valence-electron chi connectivity index (χ4n) is 4.15. The average molecular weight is 246 g/mol. The molecule has 2 saturated carbocycles. The highest BCUT2D eigenvalue weighted by molar-refractivity contribution is 5.85. The molecule has 1 spiro atoms. The van der Waals surface area contributed by atoms with E-state index in [0.717, 1.165) is 6.42 Å². The Morgan fingerprint density at radius 2 is 1.89 bits per heavy atom. The first-order valence-electron chi connectivity index (χ1n) is 7.28. The van der Waals surface area contributed by atoms with Gasteiger partial charge in [0.25, 0.3) is 0 Å². The summed E-state index contributed by atoms with van der Waals surface area (Å²) in [5.74, 6) is 0.240. The second-order valence-electron chi connectivity index (χ2n) is 6.14. The van der Waals surface area contributed by atoms with E-state index in [9.17, 15) is 4.79 Å². The molecule has 3 rings (SSSR count). The fraction of sp³-hybridized carbons (Fsp3) is 0.688. The van der Waals surface area contributed by atoms with Crippen LogP contribution < -0.4 is 0 Å². The maximum Gasteiger partial charge on any atom is 0.331 e. The standard InChI is InChI=1S/C16H22O2/c1-12-14(13-10-15(17)18-11-13)6-5-9-16(12)7-3-2-4-8-16/h10,14H,1-9,11H2. The van der Waals surface area contributed by atoms with E-state index >= 15 is 0 Å². The number of hydrogen-bond donors (Lipinski definition) is 0. The highest BCUT2D eigenvalue weighted by Gasteiger charge is 2.42. The number of carbonyl (C=O) groups excluding carboxylic acids is 1. The van der Waals surface area contributed by atoms with E-state index in [1.54, 1.807) is 6.08 Å². The molecule has 0 N–H and O–H groups in total. The van der Waals surface area contributed by atoms with Crippen LogP contribution in [0.5, 0.6) is 0 Å². The number of rotatable bonds is 1. The predicted octanol–water partition coefficient (Wildman–Crippen LogP) is 3.78. The zero-order chi connectivity index (χ0) is 12.6. The Bertz CT molecular complexity index is 394. The van der Waals surface area contributed by atoms with Crippen LogP contribution in [0.25, 0.3) is 0 Å². The Morgan fingerprint density at radius 1 is 1.17 bits per heavy atom. The molecule has 0 bridgehead atoms. The van der Waals surface area contributed by atoms with Crippen LogP contribution >= 0.6 is 0 Å². The summed E-state index contributed by atoms with van der Waals surface area (Å²) in [6.45, 7) is 4.93. The third-order valence-electron chi connectivity index (χ3n) is 5.19. The van der Waals surface area contributed by atoms with Crippen LogP contribution in [0.1, 0.15) is 51.4 Å². The van der Waals surface area contributed by atoms with Gasteiger partial charge in [0.05, 0.1) is 0 Å². The van der Waals surface area contributed by atoms with Crippen LogP contribution in [0.15, 0.2) is 23.8 Å². The summed E-state index contributed by atoms with van der Waals surface area (Å²) in [6, 6.07) is 0. The van der Waals surface area contributed by atoms with Gasteiger partial charge in [0.2, 0.25) is 0 Å². The number of carbonyl (C=O) groups is 1. The van der Waals surface area contributed by atoms with Gasteiger partial charge in [0.15, 0.2) is 0 Å². The molecule has 0 aromatic carbocycles. The Balaban J connectivity index is 1.82. The minimum absolute atomic E-state index is 0.166. The van der Waals surface area contributed by atoms with Crippen molar-refractivity contribution in [3.05, 3.63) is 23.8 Å². The molecule has 2 aliphatic carbocycles. The smallest absolute Gasteiger partial charge is 0.331 e. The second-order valence-corrected chi connectivity index (χ2v) is 6.14. The molecule has 3 aliphatic rings. The maximum absolute atomic E-state index is 11.2. The van der Waals surface area contributed by atoms with E-state index < -0.39 is 0 Å². The van der Waals surface area contributed by atoms with Crippen LogP contribution in [-0.2, 0) is 9.53 Å². The third-order valence-corrected chi connectivity index (χ3v) is 5.19. The zero-order valence-corrected chi connectivity index (χ0v) is 11.0. The number of cyclic esters (lactones) is 1. The summed E-state index contributed by atoms with van der Waals surface area (Å²) in [7, 11) is 0. The first-order valence-corrected chi connectivity index (χ1v) is 7.28. The molecule has 0 radical (unpaired) electrons. The average Bonchev–Trinajstić information content (AvgIpc) is 2.81. The molecular formula is C16H22O2. The van der Waals surface area contributed by atoms with Gasteiger partial charge in [0, 0.05) is 12.0 Å². The largest absolute Gasteiger partial charge is 0.458 e. The van der Waals surface area contributed by atoms with E-state index in [2.05, 4.69) is 6.58 Å². The Morgan fingerprint density at radius 3 is 2.56 bits per heavy atom. The summed E-state index contributed by atoms with van der Waals surface area (Å²) >= 11 is 0. The van der Waals surface area contributed by atoms with Crippen molar-refractivity contribution in [2.24, 2.45) is 11.3 Å². The predicted molar refractivity (Wildman–Crippen MR) is 71.0 cm³/mol. The molecule has 1 heterocycles. The van der Waals surface area contributed by atoms with Gasteiger partial charge in [-0.2, -0.15) is 0 Å². The van der Waals surface area contributed by atoms with Gasteiger partial charge in [-0.15, -0.1) is 0 Å². The van der Waals surface area contributed by atoms with Gasteiger partial charge in [-0.05, 0) is 36.7 Å². The van der Waals surface area contributed by atoms with Crippen LogP contribution in [0.4, 0.5) is 0 Å². The maximum atomic E-state index is 11.2. The van der Waals surface area contributed by atoms with E-state index in [1.807, 2.05) is 0 Å². The highest BCUT2D eigenvalue weighted by Crippen LogP contribution is 2.53. The van der Waals surface area contributed by atoms with Crippen LogP contribution in [-0.4, -0.2) is 12.6 Å². The summed E-state index contributed by atoms with van der Waals surface area (Å²) in [4.78, 5) is 11.2. The number of hydrogen-bond acceptors (Lipinski definition) is 2. The van der Waals surface area contributed by atoms with Crippen LogP contribution in [0, 0.1) is 11.3 Å². The van der Waals surface area contributed by atoms with Gasteiger partial charge in [-0.3, -0.25) is 0 Å². The molecule has 0 aromatic rings. The second kappa shape index (κ2) is 4.56. The summed E-state index contributed by atoms with van der Waals surface area (Å²) in [5.41, 5.74) is 2.96. The number of allylic oxidation sites excluding steroid dienone is 1. The summed E-state index contributed by atoms with van der Waals surface area (Å²) in [6.07, 6.45) is 12.1. The molecule has 0 aromatic heterocycles. The minimum atomic E-state index is -0.166. The molecule has 1 aliphatic heterocycles.